The molecular formula is C19H19Cl2FN2O3. The van der Waals surface area contributed by atoms with Gasteiger partial charge in [0.05, 0.1) is 28.5 Å². The Bertz CT molecular complexity index is 942. The molecule has 144 valence electrons. The van der Waals surface area contributed by atoms with E-state index in [0.717, 1.165) is 0 Å². The van der Waals surface area contributed by atoms with Crippen LogP contribution >= 0.6 is 23.2 Å². The number of hydrogen-bond acceptors (Lipinski definition) is 4. The number of carbonyl (C=O) groups excluding carboxylic acids is 1. The number of ether oxygens (including phenoxy) is 2. The minimum absolute atomic E-state index is 0.0380. The number of fused-ring (bicyclic) bond motifs is 3. The molecule has 27 heavy (non-hydrogen) atoms. The molecule has 0 atom stereocenters. The predicted molar refractivity (Wildman–Crippen MR) is 104 cm³/mol. The average Bonchev–Trinajstić information content (AvgIpc) is 2.95. The van der Waals surface area contributed by atoms with Crippen LogP contribution in [0.4, 0.5) is 14.9 Å². The first-order chi connectivity index (χ1) is 12.5. The summed E-state index contributed by atoms with van der Waals surface area (Å²) in [6.07, 6.45) is 1.22. The second-order valence-corrected chi connectivity index (χ2v) is 8.01. The maximum absolute atomic E-state index is 14.8. The van der Waals surface area contributed by atoms with Crippen molar-refractivity contribution >= 4 is 35.0 Å². The second kappa shape index (κ2) is 6.84. The van der Waals surface area contributed by atoms with E-state index in [4.69, 9.17) is 32.7 Å². The third-order valence-electron chi connectivity index (χ3n) is 4.20. The lowest BCUT2D eigenvalue weighted by Gasteiger charge is -2.26. The van der Waals surface area contributed by atoms with Gasteiger partial charge in [-0.15, -0.1) is 0 Å². The summed E-state index contributed by atoms with van der Waals surface area (Å²) in [6.45, 7) is 5.29. The lowest BCUT2D eigenvalue weighted by Crippen LogP contribution is -2.34. The molecule has 1 heterocycles. The molecule has 0 unspecified atom stereocenters. The Morgan fingerprint density at radius 3 is 2.56 bits per heavy atom. The fourth-order valence-electron chi connectivity index (χ4n) is 3.09. The number of nitrogens with zero attached hydrogens (tertiary/aromatic N) is 2. The number of benzene rings is 1. The van der Waals surface area contributed by atoms with E-state index in [9.17, 15) is 9.18 Å². The van der Waals surface area contributed by atoms with E-state index < -0.39 is 17.5 Å². The lowest BCUT2D eigenvalue weighted by atomic mass is 10.0. The van der Waals surface area contributed by atoms with Crippen molar-refractivity contribution in [3.63, 3.8) is 0 Å². The Morgan fingerprint density at radius 1 is 1.30 bits per heavy atom. The molecule has 2 aromatic rings. The van der Waals surface area contributed by atoms with Gasteiger partial charge in [0, 0.05) is 36.9 Å². The molecule has 0 aliphatic heterocycles. The highest BCUT2D eigenvalue weighted by molar-refractivity contribution is 6.44. The molecule has 0 saturated heterocycles. The molecule has 1 amide bonds. The van der Waals surface area contributed by atoms with Gasteiger partial charge in [-0.25, -0.2) is 9.18 Å². The summed E-state index contributed by atoms with van der Waals surface area (Å²) in [5, 5.41) is 0.534. The monoisotopic (exact) mass is 412 g/mol. The standard InChI is InChI=1S/C19H19Cl2FN2O3/c1-19(2,3)27-18(25)24(4)13-7-11(22)17(26-5)14-9(13)6-12-15(14)16(21)10(20)8-23-12/h7-8H,6H2,1-5H3. The number of carbonyl (C=O) groups is 1. The summed E-state index contributed by atoms with van der Waals surface area (Å²) in [6, 6.07) is 1.25. The van der Waals surface area contributed by atoms with Crippen LogP contribution in [-0.4, -0.2) is 30.8 Å². The molecule has 0 radical (unpaired) electrons. The number of methoxy groups -OCH3 is 1. The van der Waals surface area contributed by atoms with Gasteiger partial charge in [-0.05, 0) is 26.3 Å². The summed E-state index contributed by atoms with van der Waals surface area (Å²) >= 11 is 12.5. The lowest BCUT2D eigenvalue weighted by molar-refractivity contribution is 0.0589. The molecule has 1 aliphatic rings. The minimum atomic E-state index is -0.680. The molecule has 1 aliphatic carbocycles. The zero-order valence-electron chi connectivity index (χ0n) is 15.6. The van der Waals surface area contributed by atoms with Crippen LogP contribution in [0, 0.1) is 5.82 Å². The van der Waals surface area contributed by atoms with Gasteiger partial charge in [0.25, 0.3) is 0 Å². The highest BCUT2D eigenvalue weighted by Crippen LogP contribution is 2.51. The maximum Gasteiger partial charge on any atom is 0.414 e. The van der Waals surface area contributed by atoms with E-state index in [1.54, 1.807) is 20.8 Å². The van der Waals surface area contributed by atoms with Gasteiger partial charge >= 0.3 is 6.09 Å². The molecular weight excluding hydrogens is 394 g/mol. The Hall–Kier alpha value is -2.05. The maximum atomic E-state index is 14.8. The van der Waals surface area contributed by atoms with Crippen molar-refractivity contribution < 1.29 is 18.7 Å². The molecule has 0 spiro atoms. The first-order valence-electron chi connectivity index (χ1n) is 8.24. The van der Waals surface area contributed by atoms with Crippen molar-refractivity contribution in [2.45, 2.75) is 32.8 Å². The molecule has 3 rings (SSSR count). The summed E-state index contributed by atoms with van der Waals surface area (Å²) in [4.78, 5) is 18.1. The summed E-state index contributed by atoms with van der Waals surface area (Å²) in [5.74, 6) is -0.582. The van der Waals surface area contributed by atoms with Crippen molar-refractivity contribution in [3.8, 4) is 16.9 Å². The molecule has 0 N–H and O–H groups in total. The molecule has 5 nitrogen and oxygen atoms in total. The van der Waals surface area contributed by atoms with Gasteiger partial charge in [0.15, 0.2) is 11.6 Å². The highest BCUT2D eigenvalue weighted by Gasteiger charge is 2.34. The van der Waals surface area contributed by atoms with E-state index in [1.165, 1.54) is 31.3 Å². The first-order valence-corrected chi connectivity index (χ1v) is 9.00. The van der Waals surface area contributed by atoms with Crippen LogP contribution in [0.3, 0.4) is 0 Å². The number of anilines is 1. The Balaban J connectivity index is 2.20. The van der Waals surface area contributed by atoms with Gasteiger partial charge in [0.2, 0.25) is 0 Å². The topological polar surface area (TPSA) is 51.7 Å². The number of hydrogen-bond donors (Lipinski definition) is 0. The average molecular weight is 413 g/mol. The number of rotatable bonds is 2. The van der Waals surface area contributed by atoms with Crippen molar-refractivity contribution in [1.29, 1.82) is 0 Å². The van der Waals surface area contributed by atoms with E-state index >= 15 is 0 Å². The normalized spacial score (nSPS) is 12.4. The minimum Gasteiger partial charge on any atom is -0.493 e. The SMILES string of the molecule is COc1c(F)cc(N(C)C(=O)OC(C)(C)C)c2c1-c1c(ncc(Cl)c1Cl)C2. The van der Waals surface area contributed by atoms with Crippen LogP contribution in [0.5, 0.6) is 5.75 Å². The smallest absolute Gasteiger partial charge is 0.414 e. The zero-order chi connectivity index (χ0) is 20.1. The first kappa shape index (κ1) is 19.7. The fourth-order valence-corrected chi connectivity index (χ4v) is 3.48. The van der Waals surface area contributed by atoms with Gasteiger partial charge in [-0.2, -0.15) is 0 Å². The molecule has 8 heteroatoms. The predicted octanol–water partition coefficient (Wildman–Crippen LogP) is 5.48. The number of aromatic nitrogens is 1. The fraction of sp³-hybridized carbons (Fsp3) is 0.368. The van der Waals surface area contributed by atoms with Crippen molar-refractivity contribution in [2.24, 2.45) is 0 Å². The summed E-state index contributed by atoms with van der Waals surface area (Å²) in [5.41, 5.74) is 1.98. The van der Waals surface area contributed by atoms with Crippen LogP contribution < -0.4 is 9.64 Å². The number of halogens is 3. The van der Waals surface area contributed by atoms with Crippen LogP contribution in [0.25, 0.3) is 11.1 Å². The molecule has 1 aromatic heterocycles. The Kier molecular flexibility index (Phi) is 4.99. The second-order valence-electron chi connectivity index (χ2n) is 7.22. The third kappa shape index (κ3) is 3.44. The van der Waals surface area contributed by atoms with E-state index in [2.05, 4.69) is 4.98 Å². The van der Waals surface area contributed by atoms with Gasteiger partial charge in [-0.1, -0.05) is 23.2 Å². The van der Waals surface area contributed by atoms with E-state index in [1.807, 2.05) is 0 Å². The Labute approximate surface area is 167 Å². The highest BCUT2D eigenvalue weighted by atomic mass is 35.5. The van der Waals surface area contributed by atoms with E-state index in [0.29, 0.717) is 34.5 Å². The van der Waals surface area contributed by atoms with Crippen LogP contribution in [0.15, 0.2) is 12.3 Å². The largest absolute Gasteiger partial charge is 0.493 e. The van der Waals surface area contributed by atoms with Gasteiger partial charge < -0.3 is 9.47 Å². The van der Waals surface area contributed by atoms with Crippen molar-refractivity contribution in [2.75, 3.05) is 19.1 Å². The van der Waals surface area contributed by atoms with Gasteiger partial charge in [-0.3, -0.25) is 9.88 Å². The third-order valence-corrected chi connectivity index (χ3v) is 4.97. The molecule has 0 bridgehead atoms. The van der Waals surface area contributed by atoms with Crippen LogP contribution in [-0.2, 0) is 11.2 Å². The molecule has 0 saturated carbocycles. The Morgan fingerprint density at radius 2 is 1.96 bits per heavy atom. The van der Waals surface area contributed by atoms with Crippen molar-refractivity contribution in [1.82, 2.24) is 4.98 Å². The van der Waals surface area contributed by atoms with Crippen molar-refractivity contribution in [3.05, 3.63) is 39.4 Å². The van der Waals surface area contributed by atoms with Crippen LogP contribution in [0.1, 0.15) is 32.0 Å². The quantitative estimate of drug-likeness (QED) is 0.559. The summed E-state index contributed by atoms with van der Waals surface area (Å²) in [7, 11) is 2.90. The van der Waals surface area contributed by atoms with Crippen LogP contribution in [0.2, 0.25) is 10.0 Å². The molecule has 0 fully saturated rings. The zero-order valence-corrected chi connectivity index (χ0v) is 17.1. The molecule has 1 aromatic carbocycles. The van der Waals surface area contributed by atoms with E-state index in [-0.39, 0.29) is 15.8 Å². The number of pyridine rings is 1. The number of amides is 1. The van der Waals surface area contributed by atoms with Gasteiger partial charge in [0.1, 0.15) is 5.60 Å². The summed E-state index contributed by atoms with van der Waals surface area (Å²) < 4.78 is 25.5.